The number of sulfonamides is 1. The monoisotopic (exact) mass is 262 g/mol. The lowest BCUT2D eigenvalue weighted by atomic mass is 10.1. The van der Waals surface area contributed by atoms with Crippen molar-refractivity contribution in [3.63, 3.8) is 0 Å². The van der Waals surface area contributed by atoms with Crippen molar-refractivity contribution in [3.05, 3.63) is 0 Å². The minimum Gasteiger partial charge on any atom is -0.480 e. The van der Waals surface area contributed by atoms with E-state index in [1.165, 1.54) is 4.31 Å². The highest BCUT2D eigenvalue weighted by Crippen LogP contribution is 2.27. The molecule has 98 valence electrons. The number of hydrogen-bond donors (Lipinski definition) is 2. The zero-order valence-electron chi connectivity index (χ0n) is 9.63. The van der Waals surface area contributed by atoms with Gasteiger partial charge in [-0.05, 0) is 32.2 Å². The van der Waals surface area contributed by atoms with Gasteiger partial charge in [-0.2, -0.15) is 4.31 Å². The van der Waals surface area contributed by atoms with Gasteiger partial charge < -0.3 is 10.4 Å². The Kier molecular flexibility index (Phi) is 3.70. The van der Waals surface area contributed by atoms with Gasteiger partial charge in [0.15, 0.2) is 5.75 Å². The topological polar surface area (TPSA) is 86.7 Å². The van der Waals surface area contributed by atoms with Gasteiger partial charge in [0.25, 0.3) is 0 Å². The molecule has 0 aliphatic carbocycles. The summed E-state index contributed by atoms with van der Waals surface area (Å²) in [6.07, 6.45) is 3.69. The van der Waals surface area contributed by atoms with Crippen LogP contribution >= 0.6 is 0 Å². The first kappa shape index (κ1) is 12.8. The summed E-state index contributed by atoms with van der Waals surface area (Å²) in [4.78, 5) is 10.6. The van der Waals surface area contributed by atoms with Crippen LogP contribution in [0.5, 0.6) is 0 Å². The summed E-state index contributed by atoms with van der Waals surface area (Å²) in [6.45, 7) is 1.38. The molecule has 2 heterocycles. The van der Waals surface area contributed by atoms with Gasteiger partial charge in [0.2, 0.25) is 10.0 Å². The molecule has 0 aromatic carbocycles. The molecule has 2 rings (SSSR count). The molecule has 0 saturated carbocycles. The zero-order valence-corrected chi connectivity index (χ0v) is 10.4. The number of hydrogen-bond acceptors (Lipinski definition) is 4. The summed E-state index contributed by atoms with van der Waals surface area (Å²) >= 11 is 0. The molecular weight excluding hydrogens is 244 g/mol. The highest BCUT2D eigenvalue weighted by Gasteiger charge is 2.40. The lowest BCUT2D eigenvalue weighted by molar-refractivity contribution is -0.134. The number of carboxylic acid groups (broad SMARTS) is 1. The Hall–Kier alpha value is -0.660. The number of rotatable bonds is 4. The lowest BCUT2D eigenvalue weighted by Gasteiger charge is -2.28. The molecule has 17 heavy (non-hydrogen) atoms. The van der Waals surface area contributed by atoms with Crippen LogP contribution < -0.4 is 5.32 Å². The van der Waals surface area contributed by atoms with Gasteiger partial charge in [0.05, 0.1) is 0 Å². The van der Waals surface area contributed by atoms with Crippen LogP contribution in [0.3, 0.4) is 0 Å². The third-order valence-corrected chi connectivity index (χ3v) is 5.25. The zero-order chi connectivity index (χ0) is 12.5. The van der Waals surface area contributed by atoms with Gasteiger partial charge in [-0.15, -0.1) is 0 Å². The van der Waals surface area contributed by atoms with E-state index >= 15 is 0 Å². The van der Waals surface area contributed by atoms with Gasteiger partial charge in [-0.25, -0.2) is 8.42 Å². The van der Waals surface area contributed by atoms with Crippen molar-refractivity contribution in [1.29, 1.82) is 0 Å². The van der Waals surface area contributed by atoms with Gasteiger partial charge >= 0.3 is 5.97 Å². The van der Waals surface area contributed by atoms with Crippen molar-refractivity contribution in [2.75, 3.05) is 18.8 Å². The first-order valence-electron chi connectivity index (χ1n) is 5.95. The van der Waals surface area contributed by atoms with Crippen LogP contribution in [-0.4, -0.2) is 54.7 Å². The molecule has 2 N–H and O–H groups in total. The Balaban J connectivity index is 2.10. The van der Waals surface area contributed by atoms with Crippen molar-refractivity contribution in [2.45, 2.75) is 37.8 Å². The smallest absolute Gasteiger partial charge is 0.320 e. The van der Waals surface area contributed by atoms with E-state index < -0.39 is 21.7 Å². The molecule has 2 saturated heterocycles. The van der Waals surface area contributed by atoms with Crippen molar-refractivity contribution in [2.24, 2.45) is 0 Å². The maximum Gasteiger partial charge on any atom is 0.320 e. The van der Waals surface area contributed by atoms with E-state index in [2.05, 4.69) is 5.32 Å². The molecule has 2 unspecified atom stereocenters. The average molecular weight is 262 g/mol. The lowest BCUT2D eigenvalue weighted by Crippen LogP contribution is -2.47. The fourth-order valence-corrected chi connectivity index (χ4v) is 4.34. The van der Waals surface area contributed by atoms with Crippen LogP contribution in [0.15, 0.2) is 0 Å². The summed E-state index contributed by atoms with van der Waals surface area (Å²) in [5.74, 6) is -2.08. The second kappa shape index (κ2) is 4.91. The van der Waals surface area contributed by atoms with Crippen LogP contribution in [0.25, 0.3) is 0 Å². The average Bonchev–Trinajstić information content (AvgIpc) is 2.86. The maximum atomic E-state index is 11.9. The Bertz CT molecular complexity index is 389. The van der Waals surface area contributed by atoms with Gasteiger partial charge in [0, 0.05) is 18.6 Å². The molecule has 0 aromatic rings. The summed E-state index contributed by atoms with van der Waals surface area (Å²) in [5.41, 5.74) is 0. The summed E-state index contributed by atoms with van der Waals surface area (Å²) < 4.78 is 25.2. The van der Waals surface area contributed by atoms with Crippen molar-refractivity contribution in [3.8, 4) is 0 Å². The fourth-order valence-electron chi connectivity index (χ4n) is 2.79. The second-order valence-corrected chi connectivity index (χ2v) is 6.59. The van der Waals surface area contributed by atoms with Gasteiger partial charge in [0.1, 0.15) is 0 Å². The van der Waals surface area contributed by atoms with Crippen molar-refractivity contribution in [1.82, 2.24) is 9.62 Å². The molecule has 2 fully saturated rings. The van der Waals surface area contributed by atoms with Crippen LogP contribution in [-0.2, 0) is 14.8 Å². The van der Waals surface area contributed by atoms with Crippen LogP contribution in [0.2, 0.25) is 0 Å². The Labute approximate surface area is 101 Å². The number of aliphatic carboxylic acids is 1. The largest absolute Gasteiger partial charge is 0.480 e. The van der Waals surface area contributed by atoms with E-state index in [-0.39, 0.29) is 12.1 Å². The molecule has 0 bridgehead atoms. The third kappa shape index (κ3) is 2.78. The van der Waals surface area contributed by atoms with E-state index in [9.17, 15) is 13.2 Å². The molecule has 6 nitrogen and oxygen atoms in total. The SMILES string of the molecule is O=C(O)CS(=O)(=O)N1CCCC1C1CCCN1. The minimum absolute atomic E-state index is 0.0538. The fraction of sp³-hybridized carbons (Fsp3) is 0.900. The highest BCUT2D eigenvalue weighted by molar-refractivity contribution is 7.89. The molecule has 7 heteroatoms. The van der Waals surface area contributed by atoms with Gasteiger partial charge in [-0.3, -0.25) is 4.79 Å². The van der Waals surface area contributed by atoms with Crippen molar-refractivity contribution < 1.29 is 18.3 Å². The van der Waals surface area contributed by atoms with E-state index in [0.29, 0.717) is 6.54 Å². The molecule has 2 atom stereocenters. The number of nitrogens with zero attached hydrogens (tertiary/aromatic N) is 1. The molecule has 2 aliphatic rings. The van der Waals surface area contributed by atoms with E-state index in [1.54, 1.807) is 0 Å². The first-order chi connectivity index (χ1) is 8.00. The maximum absolute atomic E-state index is 11.9. The van der Waals surface area contributed by atoms with E-state index in [4.69, 9.17) is 5.11 Å². The Morgan fingerprint density at radius 1 is 1.35 bits per heavy atom. The predicted octanol–water partition coefficient (Wildman–Crippen LogP) is -0.383. The molecule has 0 spiro atoms. The van der Waals surface area contributed by atoms with Crippen molar-refractivity contribution >= 4 is 16.0 Å². The Morgan fingerprint density at radius 3 is 2.71 bits per heavy atom. The van der Waals surface area contributed by atoms with E-state index in [1.807, 2.05) is 0 Å². The second-order valence-electron chi connectivity index (χ2n) is 4.67. The molecule has 0 amide bonds. The molecule has 0 radical (unpaired) electrons. The number of carboxylic acids is 1. The number of carbonyl (C=O) groups is 1. The van der Waals surface area contributed by atoms with Gasteiger partial charge in [-0.1, -0.05) is 0 Å². The normalized spacial score (nSPS) is 30.8. The van der Waals surface area contributed by atoms with Crippen LogP contribution in [0.4, 0.5) is 0 Å². The first-order valence-corrected chi connectivity index (χ1v) is 7.56. The quantitative estimate of drug-likeness (QED) is 0.721. The summed E-state index contributed by atoms with van der Waals surface area (Å²) in [5, 5.41) is 11.9. The van der Waals surface area contributed by atoms with Crippen LogP contribution in [0.1, 0.15) is 25.7 Å². The summed E-state index contributed by atoms with van der Waals surface area (Å²) in [7, 11) is -3.65. The standard InChI is InChI=1S/C10H18N2O4S/c13-10(14)7-17(15,16)12-6-2-4-9(12)8-3-1-5-11-8/h8-9,11H,1-7H2,(H,13,14). The molecule has 0 aromatic heterocycles. The minimum atomic E-state index is -3.65. The Morgan fingerprint density at radius 2 is 2.12 bits per heavy atom. The third-order valence-electron chi connectivity index (χ3n) is 3.47. The highest BCUT2D eigenvalue weighted by atomic mass is 32.2. The molecule has 2 aliphatic heterocycles. The summed E-state index contributed by atoms with van der Waals surface area (Å²) in [6, 6.07) is 0.142. The van der Waals surface area contributed by atoms with Crippen LogP contribution in [0, 0.1) is 0 Å². The van der Waals surface area contributed by atoms with E-state index in [0.717, 1.165) is 32.2 Å². The number of nitrogens with one attached hydrogen (secondary N) is 1. The molecular formula is C10H18N2O4S. The predicted molar refractivity (Wildman–Crippen MR) is 62.2 cm³/mol.